The summed E-state index contributed by atoms with van der Waals surface area (Å²) in [6.07, 6.45) is 0.482. The molecule has 0 saturated heterocycles. The van der Waals surface area contributed by atoms with Crippen molar-refractivity contribution in [1.29, 1.82) is 0 Å². The minimum atomic E-state index is -1.01. The van der Waals surface area contributed by atoms with Gasteiger partial charge in [-0.1, -0.05) is 42.3 Å². The Hall–Kier alpha value is -3.85. The first-order chi connectivity index (χ1) is 14.4. The number of benzene rings is 2. The molecular weight excluding hydrogens is 388 g/mol. The largest absolute Gasteiger partial charge is 0.507 e. The summed E-state index contributed by atoms with van der Waals surface area (Å²) in [5.74, 6) is 3.99. The van der Waals surface area contributed by atoms with Gasteiger partial charge in [0.1, 0.15) is 5.75 Å². The molecule has 0 saturated carbocycles. The van der Waals surface area contributed by atoms with Crippen LogP contribution in [0.3, 0.4) is 0 Å². The molecule has 0 bridgehead atoms. The fourth-order valence-corrected chi connectivity index (χ4v) is 3.26. The molecular formula is C24H17F2NO3. The predicted molar refractivity (Wildman–Crippen MR) is 109 cm³/mol. The molecule has 0 spiro atoms. The summed E-state index contributed by atoms with van der Waals surface area (Å²) in [6, 6.07) is 14.7. The van der Waals surface area contributed by atoms with E-state index >= 15 is 0 Å². The van der Waals surface area contributed by atoms with E-state index in [-0.39, 0.29) is 23.4 Å². The molecule has 2 aromatic carbocycles. The summed E-state index contributed by atoms with van der Waals surface area (Å²) in [4.78, 5) is 12.7. The van der Waals surface area contributed by atoms with Crippen LogP contribution in [0, 0.1) is 23.5 Å². The van der Waals surface area contributed by atoms with Crippen LogP contribution in [0.4, 0.5) is 8.78 Å². The van der Waals surface area contributed by atoms with Gasteiger partial charge in [-0.15, -0.1) is 0 Å². The first-order valence-corrected chi connectivity index (χ1v) is 9.25. The lowest BCUT2D eigenvalue weighted by Gasteiger charge is -2.08. The Labute approximate surface area is 171 Å². The van der Waals surface area contributed by atoms with Crippen molar-refractivity contribution in [2.24, 2.45) is 7.05 Å². The van der Waals surface area contributed by atoms with Crippen LogP contribution in [-0.2, 0) is 19.9 Å². The quantitative estimate of drug-likeness (QED) is 0.517. The van der Waals surface area contributed by atoms with Gasteiger partial charge in [-0.3, -0.25) is 9.36 Å². The maximum atomic E-state index is 13.5. The summed E-state index contributed by atoms with van der Waals surface area (Å²) >= 11 is 0. The van der Waals surface area contributed by atoms with Gasteiger partial charge in [0.25, 0.3) is 5.56 Å². The zero-order chi connectivity index (χ0) is 21.3. The third-order valence-corrected chi connectivity index (χ3v) is 4.83. The molecule has 2 aromatic heterocycles. The molecule has 0 aliphatic carbocycles. The fraction of sp³-hybridized carbons (Fsp3) is 0.125. The number of hydrogen-bond acceptors (Lipinski definition) is 3. The lowest BCUT2D eigenvalue weighted by atomic mass is 10.0. The van der Waals surface area contributed by atoms with E-state index in [1.165, 1.54) is 17.7 Å². The van der Waals surface area contributed by atoms with Gasteiger partial charge < -0.3 is 9.52 Å². The number of fused-ring (bicyclic) bond motifs is 1. The Kier molecular flexibility index (Phi) is 5.11. The van der Waals surface area contributed by atoms with Crippen LogP contribution in [0.1, 0.15) is 22.5 Å². The van der Waals surface area contributed by atoms with E-state index in [0.29, 0.717) is 23.1 Å². The number of rotatable bonds is 3. The highest BCUT2D eigenvalue weighted by Gasteiger charge is 2.19. The molecule has 4 aromatic rings. The van der Waals surface area contributed by atoms with Crippen molar-refractivity contribution in [2.45, 2.75) is 12.8 Å². The zero-order valence-electron chi connectivity index (χ0n) is 16.1. The first kappa shape index (κ1) is 19.5. The second-order valence-corrected chi connectivity index (χ2v) is 6.91. The average molecular weight is 405 g/mol. The van der Waals surface area contributed by atoms with Crippen molar-refractivity contribution in [2.75, 3.05) is 0 Å². The normalized spacial score (nSPS) is 10.8. The van der Waals surface area contributed by atoms with Gasteiger partial charge in [-0.05, 0) is 29.2 Å². The van der Waals surface area contributed by atoms with Crippen molar-refractivity contribution in [3.8, 4) is 17.6 Å². The van der Waals surface area contributed by atoms with Gasteiger partial charge in [-0.25, -0.2) is 8.78 Å². The van der Waals surface area contributed by atoms with E-state index in [9.17, 15) is 18.7 Å². The van der Waals surface area contributed by atoms with Crippen LogP contribution in [0.2, 0.25) is 0 Å². The second kappa shape index (κ2) is 7.88. The molecule has 2 heterocycles. The number of pyridine rings is 1. The van der Waals surface area contributed by atoms with Crippen LogP contribution < -0.4 is 5.56 Å². The molecule has 150 valence electrons. The van der Waals surface area contributed by atoms with Crippen molar-refractivity contribution < 1.29 is 18.3 Å². The highest BCUT2D eigenvalue weighted by Crippen LogP contribution is 2.30. The lowest BCUT2D eigenvalue weighted by molar-refractivity contribution is 0.470. The summed E-state index contributed by atoms with van der Waals surface area (Å²) in [7, 11) is 1.52. The Morgan fingerprint density at radius 2 is 1.80 bits per heavy atom. The molecule has 0 fully saturated rings. The van der Waals surface area contributed by atoms with Gasteiger partial charge >= 0.3 is 0 Å². The highest BCUT2D eigenvalue weighted by molar-refractivity contribution is 5.84. The number of aryl methyl sites for hydroxylation is 1. The maximum absolute atomic E-state index is 13.5. The van der Waals surface area contributed by atoms with Crippen LogP contribution in [0.15, 0.2) is 63.8 Å². The van der Waals surface area contributed by atoms with E-state index in [1.807, 2.05) is 30.3 Å². The minimum Gasteiger partial charge on any atom is -0.507 e. The third-order valence-electron chi connectivity index (χ3n) is 4.83. The molecule has 1 N–H and O–H groups in total. The summed E-state index contributed by atoms with van der Waals surface area (Å²) in [5.41, 5.74) is 1.20. The SMILES string of the molecule is Cn1c(=O)c(Cc2ccc(F)c(F)c2)c(O)c2cc(C#CCc3ccccc3)oc21. The van der Waals surface area contributed by atoms with Gasteiger partial charge in [0.05, 0.1) is 10.9 Å². The number of aromatic hydroxyl groups is 1. The molecule has 6 heteroatoms. The average Bonchev–Trinajstić information content (AvgIpc) is 3.17. The van der Waals surface area contributed by atoms with E-state index in [1.54, 1.807) is 6.07 Å². The number of hydrogen-bond donors (Lipinski definition) is 1. The number of nitrogens with zero attached hydrogens (tertiary/aromatic N) is 1. The molecule has 0 radical (unpaired) electrons. The Morgan fingerprint density at radius 3 is 2.53 bits per heavy atom. The van der Waals surface area contributed by atoms with Crippen molar-refractivity contribution in [3.63, 3.8) is 0 Å². The van der Waals surface area contributed by atoms with Crippen molar-refractivity contribution >= 4 is 11.1 Å². The van der Waals surface area contributed by atoms with Crippen LogP contribution in [-0.4, -0.2) is 9.67 Å². The van der Waals surface area contributed by atoms with E-state index < -0.39 is 17.2 Å². The number of aromatic nitrogens is 1. The van der Waals surface area contributed by atoms with E-state index in [4.69, 9.17) is 4.42 Å². The third kappa shape index (κ3) is 3.70. The highest BCUT2D eigenvalue weighted by atomic mass is 19.2. The first-order valence-electron chi connectivity index (χ1n) is 9.25. The number of furan rings is 1. The molecule has 4 nitrogen and oxygen atoms in total. The molecule has 0 atom stereocenters. The van der Waals surface area contributed by atoms with Gasteiger partial charge in [0.2, 0.25) is 5.71 Å². The lowest BCUT2D eigenvalue weighted by Crippen LogP contribution is -2.21. The smallest absolute Gasteiger partial charge is 0.260 e. The fourth-order valence-electron chi connectivity index (χ4n) is 3.26. The second-order valence-electron chi connectivity index (χ2n) is 6.91. The topological polar surface area (TPSA) is 55.4 Å². The predicted octanol–water partition coefficient (Wildman–Crippen LogP) is 4.30. The van der Waals surface area contributed by atoms with Crippen molar-refractivity contribution in [3.05, 3.63) is 99.0 Å². The van der Waals surface area contributed by atoms with Gasteiger partial charge in [0, 0.05) is 26.0 Å². The molecule has 0 aliphatic heterocycles. The van der Waals surface area contributed by atoms with Gasteiger partial charge in [-0.2, -0.15) is 0 Å². The summed E-state index contributed by atoms with van der Waals surface area (Å²) < 4.78 is 33.6. The molecule has 4 rings (SSSR count). The van der Waals surface area contributed by atoms with E-state index in [0.717, 1.165) is 17.7 Å². The Morgan fingerprint density at radius 1 is 1.03 bits per heavy atom. The van der Waals surface area contributed by atoms with Crippen LogP contribution in [0.25, 0.3) is 11.1 Å². The number of halogens is 2. The van der Waals surface area contributed by atoms with Crippen LogP contribution >= 0.6 is 0 Å². The molecule has 0 aliphatic rings. The molecule has 30 heavy (non-hydrogen) atoms. The monoisotopic (exact) mass is 405 g/mol. The summed E-state index contributed by atoms with van der Waals surface area (Å²) in [6.45, 7) is 0. The minimum absolute atomic E-state index is 0.0498. The molecule has 0 unspecified atom stereocenters. The van der Waals surface area contributed by atoms with Crippen molar-refractivity contribution in [1.82, 2.24) is 4.57 Å². The van der Waals surface area contributed by atoms with Gasteiger partial charge in [0.15, 0.2) is 17.4 Å². The standard InChI is InChI=1S/C24H17F2NO3/c1-27-23(29)18(12-16-10-11-20(25)21(26)13-16)22(28)19-14-17(30-24(19)27)9-5-8-15-6-3-2-4-7-15/h2-4,6-7,10-11,13-14,28H,8,12H2,1H3. The Balaban J connectivity index is 1.70. The van der Waals surface area contributed by atoms with Crippen LogP contribution in [0.5, 0.6) is 5.75 Å². The Bertz CT molecular complexity index is 1360. The van der Waals surface area contributed by atoms with E-state index in [2.05, 4.69) is 11.8 Å². The summed E-state index contributed by atoms with van der Waals surface area (Å²) in [5, 5.41) is 11.0. The zero-order valence-corrected chi connectivity index (χ0v) is 16.1. The molecule has 0 amide bonds. The maximum Gasteiger partial charge on any atom is 0.260 e.